The number of hydrogen-bond donors (Lipinski definition) is 1. The summed E-state index contributed by atoms with van der Waals surface area (Å²) in [7, 11) is -2.52. The molecule has 1 rings (SSSR count). The molecule has 8 nitrogen and oxygen atoms in total. The van der Waals surface area contributed by atoms with Gasteiger partial charge in [0, 0.05) is 20.1 Å². The number of rotatable bonds is 9. The molecule has 0 bridgehead atoms. The maximum Gasteiger partial charge on any atom is 0.307 e. The van der Waals surface area contributed by atoms with E-state index in [2.05, 4.69) is 4.72 Å². The monoisotopic (exact) mass is 421 g/mol. The van der Waals surface area contributed by atoms with Gasteiger partial charge < -0.3 is 9.64 Å². The van der Waals surface area contributed by atoms with Crippen molar-refractivity contribution in [1.82, 2.24) is 9.62 Å². The first kappa shape index (κ1) is 22.2. The van der Waals surface area contributed by atoms with Gasteiger partial charge in [-0.1, -0.05) is 29.3 Å². The number of halogens is 2. The Balaban J connectivity index is 2.47. The number of nitrogens with one attached hydrogen (secondary N) is 1. The Bertz CT molecular complexity index is 788. The minimum absolute atomic E-state index is 0.0430. The molecular formula is C15H17Cl2N3O5S. The Kier molecular flexibility index (Phi) is 8.81. The van der Waals surface area contributed by atoms with Crippen LogP contribution in [0, 0.1) is 11.3 Å². The molecule has 142 valence electrons. The van der Waals surface area contributed by atoms with Crippen LogP contribution in [0.25, 0.3) is 0 Å². The second-order valence-corrected chi connectivity index (χ2v) is 7.60. The summed E-state index contributed by atoms with van der Waals surface area (Å²) in [5.74, 6) is -1.21. The normalized spacial score (nSPS) is 10.8. The number of nitriles is 1. The average molecular weight is 422 g/mol. The van der Waals surface area contributed by atoms with E-state index in [9.17, 15) is 18.0 Å². The van der Waals surface area contributed by atoms with Crippen LogP contribution in [0.15, 0.2) is 23.1 Å². The highest BCUT2D eigenvalue weighted by Gasteiger charge is 2.21. The third kappa shape index (κ3) is 6.80. The number of carbonyl (C=O) groups excluding carboxylic acids is 2. The van der Waals surface area contributed by atoms with Crippen molar-refractivity contribution >= 4 is 45.1 Å². The zero-order valence-electron chi connectivity index (χ0n) is 13.9. The lowest BCUT2D eigenvalue weighted by molar-refractivity contribution is -0.151. The maximum atomic E-state index is 12.2. The summed E-state index contributed by atoms with van der Waals surface area (Å²) < 4.78 is 31.4. The maximum absolute atomic E-state index is 12.2. The average Bonchev–Trinajstić information content (AvgIpc) is 2.56. The summed E-state index contributed by atoms with van der Waals surface area (Å²) in [4.78, 5) is 24.2. The zero-order chi connectivity index (χ0) is 19.7. The lowest BCUT2D eigenvalue weighted by Gasteiger charge is -2.15. The molecule has 0 unspecified atom stereocenters. The summed E-state index contributed by atoms with van der Waals surface area (Å²) in [5.41, 5.74) is 0. The van der Waals surface area contributed by atoms with E-state index in [0.29, 0.717) is 0 Å². The highest BCUT2D eigenvalue weighted by atomic mass is 35.5. The van der Waals surface area contributed by atoms with Crippen molar-refractivity contribution in [2.45, 2.75) is 17.7 Å². The summed E-state index contributed by atoms with van der Waals surface area (Å²) in [6, 6.07) is 6.16. The molecule has 0 aliphatic rings. The smallest absolute Gasteiger partial charge is 0.307 e. The standard InChI is InChI=1S/C15H17Cl2N3O5S/c1-20(9-3-7-18)13(21)10-25-14(22)6-8-19-26(23,24)15-11(16)4-2-5-12(15)17/h2,4-5,19H,3,6,8-10H2,1H3. The number of benzene rings is 1. The number of sulfonamides is 1. The van der Waals surface area contributed by atoms with Crippen molar-refractivity contribution in [2.24, 2.45) is 0 Å². The lowest BCUT2D eigenvalue weighted by atomic mass is 10.4. The van der Waals surface area contributed by atoms with Gasteiger partial charge >= 0.3 is 5.97 Å². The number of ether oxygens (including phenoxy) is 1. The molecule has 0 fully saturated rings. The van der Waals surface area contributed by atoms with Crippen LogP contribution < -0.4 is 4.72 Å². The van der Waals surface area contributed by atoms with Crippen LogP contribution in [0.1, 0.15) is 12.8 Å². The van der Waals surface area contributed by atoms with Gasteiger partial charge in [-0.15, -0.1) is 0 Å². The summed E-state index contributed by atoms with van der Waals surface area (Å²) in [6.07, 6.45) is -0.112. The third-order valence-corrected chi connectivity index (χ3v) is 5.57. The summed E-state index contributed by atoms with van der Waals surface area (Å²) >= 11 is 11.7. The molecule has 0 heterocycles. The second kappa shape index (κ2) is 10.3. The van der Waals surface area contributed by atoms with Crippen molar-refractivity contribution in [2.75, 3.05) is 26.7 Å². The van der Waals surface area contributed by atoms with Gasteiger partial charge in [0.1, 0.15) is 4.90 Å². The van der Waals surface area contributed by atoms with Crippen molar-refractivity contribution in [1.29, 1.82) is 5.26 Å². The Morgan fingerprint density at radius 1 is 1.31 bits per heavy atom. The van der Waals surface area contributed by atoms with Crippen molar-refractivity contribution in [3.8, 4) is 6.07 Å². The van der Waals surface area contributed by atoms with E-state index < -0.39 is 28.5 Å². The molecule has 0 aliphatic carbocycles. The van der Waals surface area contributed by atoms with Crippen LogP contribution >= 0.6 is 23.2 Å². The fourth-order valence-electron chi connectivity index (χ4n) is 1.77. The van der Waals surface area contributed by atoms with Crippen LogP contribution in [0.3, 0.4) is 0 Å². The van der Waals surface area contributed by atoms with E-state index in [1.54, 1.807) is 0 Å². The molecule has 1 N–H and O–H groups in total. The molecule has 0 saturated carbocycles. The molecule has 1 aromatic carbocycles. The molecule has 0 saturated heterocycles. The number of likely N-dealkylation sites (N-methyl/N-ethyl adjacent to an activating group) is 1. The van der Waals surface area contributed by atoms with Gasteiger partial charge in [-0.3, -0.25) is 9.59 Å². The van der Waals surface area contributed by atoms with Crippen molar-refractivity contribution in [3.63, 3.8) is 0 Å². The Labute approximate surface area is 161 Å². The van der Waals surface area contributed by atoms with E-state index in [0.717, 1.165) is 0 Å². The van der Waals surface area contributed by atoms with Crippen molar-refractivity contribution in [3.05, 3.63) is 28.2 Å². The van der Waals surface area contributed by atoms with E-state index in [4.69, 9.17) is 33.2 Å². The van der Waals surface area contributed by atoms with Crippen LogP contribution in [-0.2, 0) is 24.3 Å². The molecule has 11 heteroatoms. The molecule has 0 spiro atoms. The quantitative estimate of drug-likeness (QED) is 0.604. The number of carbonyl (C=O) groups is 2. The van der Waals surface area contributed by atoms with E-state index in [-0.39, 0.29) is 40.9 Å². The van der Waals surface area contributed by atoms with Gasteiger partial charge in [0.15, 0.2) is 6.61 Å². The lowest BCUT2D eigenvalue weighted by Crippen LogP contribution is -2.32. The van der Waals surface area contributed by atoms with Crippen LogP contribution in [0.2, 0.25) is 10.0 Å². The van der Waals surface area contributed by atoms with Crippen LogP contribution in [0.4, 0.5) is 0 Å². The third-order valence-electron chi connectivity index (χ3n) is 3.15. The van der Waals surface area contributed by atoms with Gasteiger partial charge in [0.25, 0.3) is 5.91 Å². The fourth-order valence-corrected chi connectivity index (χ4v) is 3.94. The topological polar surface area (TPSA) is 117 Å². The minimum Gasteiger partial charge on any atom is -0.456 e. The molecule has 1 amide bonds. The van der Waals surface area contributed by atoms with Gasteiger partial charge in [-0.2, -0.15) is 5.26 Å². The summed E-state index contributed by atoms with van der Waals surface area (Å²) in [5, 5.41) is 8.36. The number of hydrogen-bond acceptors (Lipinski definition) is 6. The van der Waals surface area contributed by atoms with Crippen LogP contribution in [0.5, 0.6) is 0 Å². The fraction of sp³-hybridized carbons (Fsp3) is 0.400. The van der Waals surface area contributed by atoms with Gasteiger partial charge in [0.2, 0.25) is 10.0 Å². The second-order valence-electron chi connectivity index (χ2n) is 5.08. The first-order valence-corrected chi connectivity index (χ1v) is 9.63. The molecule has 0 atom stereocenters. The predicted molar refractivity (Wildman–Crippen MR) is 95.1 cm³/mol. The highest BCUT2D eigenvalue weighted by Crippen LogP contribution is 2.28. The first-order chi connectivity index (χ1) is 12.2. The molecule has 26 heavy (non-hydrogen) atoms. The minimum atomic E-state index is -4.00. The molecule has 0 aliphatic heterocycles. The Hall–Kier alpha value is -1.86. The number of nitrogens with zero attached hydrogens (tertiary/aromatic N) is 2. The first-order valence-electron chi connectivity index (χ1n) is 7.39. The SMILES string of the molecule is CN(CCC#N)C(=O)COC(=O)CCNS(=O)(=O)c1c(Cl)cccc1Cl. The van der Waals surface area contributed by atoms with E-state index in [1.165, 1.54) is 30.1 Å². The van der Waals surface area contributed by atoms with Crippen molar-refractivity contribution < 1.29 is 22.7 Å². The Morgan fingerprint density at radius 3 is 2.50 bits per heavy atom. The molecule has 1 aromatic rings. The van der Waals surface area contributed by atoms with Gasteiger partial charge in [0.05, 0.1) is 29.0 Å². The van der Waals surface area contributed by atoms with Gasteiger partial charge in [-0.25, -0.2) is 13.1 Å². The van der Waals surface area contributed by atoms with Crippen LogP contribution in [-0.4, -0.2) is 51.9 Å². The largest absolute Gasteiger partial charge is 0.456 e. The Morgan fingerprint density at radius 2 is 1.92 bits per heavy atom. The summed E-state index contributed by atoms with van der Waals surface area (Å²) in [6.45, 7) is -0.504. The zero-order valence-corrected chi connectivity index (χ0v) is 16.2. The number of esters is 1. The molecule has 0 aromatic heterocycles. The van der Waals surface area contributed by atoms with Gasteiger partial charge in [-0.05, 0) is 12.1 Å². The highest BCUT2D eigenvalue weighted by molar-refractivity contribution is 7.89. The number of amides is 1. The molecule has 0 radical (unpaired) electrons. The van der Waals surface area contributed by atoms with E-state index in [1.807, 2.05) is 6.07 Å². The molecular weight excluding hydrogens is 405 g/mol. The predicted octanol–water partition coefficient (Wildman–Crippen LogP) is 1.58. The van der Waals surface area contributed by atoms with E-state index >= 15 is 0 Å².